The highest BCUT2D eigenvalue weighted by Crippen LogP contribution is 2.16. The third-order valence-electron chi connectivity index (χ3n) is 2.77. The summed E-state index contributed by atoms with van der Waals surface area (Å²) in [5.41, 5.74) is 1.01. The van der Waals surface area contributed by atoms with Gasteiger partial charge in [-0.3, -0.25) is 4.79 Å². The standard InChI is InChI=1S/C15H24N2O2/c1-11(12-6-8-13(19-5)9-7-12)17-14(18)10-16-15(2,3)4/h6-9,11,16H,10H2,1-5H3,(H,17,18)/t11-/m0/s1. The molecule has 1 atom stereocenters. The number of methoxy groups -OCH3 is 1. The molecule has 0 aliphatic heterocycles. The Bertz CT molecular complexity index is 407. The summed E-state index contributed by atoms with van der Waals surface area (Å²) in [4.78, 5) is 11.8. The average molecular weight is 264 g/mol. The largest absolute Gasteiger partial charge is 0.497 e. The molecule has 1 amide bonds. The van der Waals surface area contributed by atoms with Gasteiger partial charge < -0.3 is 15.4 Å². The van der Waals surface area contributed by atoms with Crippen molar-refractivity contribution in [3.05, 3.63) is 29.8 Å². The second-order valence-electron chi connectivity index (χ2n) is 5.67. The van der Waals surface area contributed by atoms with E-state index in [0.29, 0.717) is 6.54 Å². The van der Waals surface area contributed by atoms with Crippen LogP contribution in [0.4, 0.5) is 0 Å². The van der Waals surface area contributed by atoms with Crippen molar-refractivity contribution in [3.8, 4) is 5.75 Å². The molecule has 0 heterocycles. The fourth-order valence-electron chi connectivity index (χ4n) is 1.61. The summed E-state index contributed by atoms with van der Waals surface area (Å²) in [6, 6.07) is 7.69. The van der Waals surface area contributed by atoms with Crippen LogP contribution in [0.2, 0.25) is 0 Å². The van der Waals surface area contributed by atoms with Crippen LogP contribution in [0.25, 0.3) is 0 Å². The highest BCUT2D eigenvalue weighted by atomic mass is 16.5. The monoisotopic (exact) mass is 264 g/mol. The van der Waals surface area contributed by atoms with Gasteiger partial charge in [-0.25, -0.2) is 0 Å². The molecule has 0 radical (unpaired) electrons. The Morgan fingerprint density at radius 2 is 1.84 bits per heavy atom. The third-order valence-corrected chi connectivity index (χ3v) is 2.77. The summed E-state index contributed by atoms with van der Waals surface area (Å²) in [6.07, 6.45) is 0. The maximum Gasteiger partial charge on any atom is 0.234 e. The highest BCUT2D eigenvalue weighted by molar-refractivity contribution is 5.78. The van der Waals surface area contributed by atoms with Crippen molar-refractivity contribution in [1.29, 1.82) is 0 Å². The molecular weight excluding hydrogens is 240 g/mol. The van der Waals surface area contributed by atoms with Gasteiger partial charge in [0.1, 0.15) is 5.75 Å². The van der Waals surface area contributed by atoms with E-state index in [-0.39, 0.29) is 17.5 Å². The summed E-state index contributed by atoms with van der Waals surface area (Å²) < 4.78 is 5.11. The van der Waals surface area contributed by atoms with E-state index in [2.05, 4.69) is 10.6 Å². The number of carbonyl (C=O) groups excluding carboxylic acids is 1. The molecule has 0 spiro atoms. The van der Waals surface area contributed by atoms with E-state index in [1.54, 1.807) is 7.11 Å². The van der Waals surface area contributed by atoms with Gasteiger partial charge >= 0.3 is 0 Å². The van der Waals surface area contributed by atoms with Gasteiger partial charge in [0.05, 0.1) is 19.7 Å². The predicted octanol–water partition coefficient (Wildman–Crippen LogP) is 2.26. The molecule has 4 nitrogen and oxygen atoms in total. The lowest BCUT2D eigenvalue weighted by molar-refractivity contribution is -0.121. The molecular formula is C15H24N2O2. The normalized spacial score (nSPS) is 12.9. The zero-order chi connectivity index (χ0) is 14.5. The van der Waals surface area contributed by atoms with Crippen molar-refractivity contribution in [2.45, 2.75) is 39.3 Å². The molecule has 0 saturated carbocycles. The van der Waals surface area contributed by atoms with Crippen molar-refractivity contribution >= 4 is 5.91 Å². The van der Waals surface area contributed by atoms with E-state index in [4.69, 9.17) is 4.74 Å². The molecule has 106 valence electrons. The van der Waals surface area contributed by atoms with Crippen LogP contribution in [0.1, 0.15) is 39.3 Å². The quantitative estimate of drug-likeness (QED) is 0.857. The number of rotatable bonds is 5. The molecule has 1 aromatic rings. The molecule has 4 heteroatoms. The Morgan fingerprint density at radius 1 is 1.26 bits per heavy atom. The Balaban J connectivity index is 2.49. The first-order valence-corrected chi connectivity index (χ1v) is 6.50. The predicted molar refractivity (Wildman–Crippen MR) is 77.3 cm³/mol. The first-order chi connectivity index (χ1) is 8.81. The lowest BCUT2D eigenvalue weighted by atomic mass is 10.1. The minimum Gasteiger partial charge on any atom is -0.497 e. The number of amides is 1. The summed E-state index contributed by atoms with van der Waals surface area (Å²) >= 11 is 0. The Labute approximate surface area is 115 Å². The number of benzene rings is 1. The van der Waals surface area contributed by atoms with Crippen molar-refractivity contribution in [3.63, 3.8) is 0 Å². The average Bonchev–Trinajstić information content (AvgIpc) is 2.35. The summed E-state index contributed by atoms with van der Waals surface area (Å²) in [5.74, 6) is 0.815. The van der Waals surface area contributed by atoms with Crippen LogP contribution in [0.5, 0.6) is 5.75 Å². The molecule has 0 bridgehead atoms. The van der Waals surface area contributed by atoms with Crippen LogP contribution in [-0.4, -0.2) is 25.1 Å². The molecule has 0 aliphatic carbocycles. The minimum absolute atomic E-state index is 0.00163. The maximum atomic E-state index is 11.8. The highest BCUT2D eigenvalue weighted by Gasteiger charge is 2.13. The zero-order valence-electron chi connectivity index (χ0n) is 12.4. The van der Waals surface area contributed by atoms with Gasteiger partial charge in [0.2, 0.25) is 5.91 Å². The van der Waals surface area contributed by atoms with Crippen LogP contribution >= 0.6 is 0 Å². The van der Waals surface area contributed by atoms with Gasteiger partial charge in [0.15, 0.2) is 0 Å². The van der Waals surface area contributed by atoms with Gasteiger partial charge in [0.25, 0.3) is 0 Å². The molecule has 2 N–H and O–H groups in total. The van der Waals surface area contributed by atoms with Crippen LogP contribution in [0, 0.1) is 0 Å². The van der Waals surface area contributed by atoms with Gasteiger partial charge in [0, 0.05) is 5.54 Å². The number of ether oxygens (including phenoxy) is 1. The van der Waals surface area contributed by atoms with Crippen molar-refractivity contribution in [2.75, 3.05) is 13.7 Å². The summed E-state index contributed by atoms with van der Waals surface area (Å²) in [5, 5.41) is 6.13. The SMILES string of the molecule is COc1ccc([C@H](C)NC(=O)CNC(C)(C)C)cc1. The third kappa shape index (κ3) is 5.75. The molecule has 1 aromatic carbocycles. The van der Waals surface area contributed by atoms with Gasteiger partial charge in [-0.15, -0.1) is 0 Å². The molecule has 0 aliphatic rings. The molecule has 0 aromatic heterocycles. The minimum atomic E-state index is -0.0549. The Morgan fingerprint density at radius 3 is 2.32 bits per heavy atom. The fraction of sp³-hybridized carbons (Fsp3) is 0.533. The Kier molecular flexibility index (Phi) is 5.36. The van der Waals surface area contributed by atoms with Gasteiger partial charge in [-0.1, -0.05) is 12.1 Å². The second-order valence-corrected chi connectivity index (χ2v) is 5.67. The van der Waals surface area contributed by atoms with Crippen molar-refractivity contribution in [2.24, 2.45) is 0 Å². The molecule has 19 heavy (non-hydrogen) atoms. The summed E-state index contributed by atoms with van der Waals surface area (Å²) in [6.45, 7) is 8.40. The summed E-state index contributed by atoms with van der Waals surface area (Å²) in [7, 11) is 1.64. The second kappa shape index (κ2) is 6.57. The van der Waals surface area contributed by atoms with Crippen LogP contribution in [0.3, 0.4) is 0 Å². The smallest absolute Gasteiger partial charge is 0.234 e. The zero-order valence-corrected chi connectivity index (χ0v) is 12.4. The number of carbonyl (C=O) groups is 1. The van der Waals surface area contributed by atoms with Crippen molar-refractivity contribution < 1.29 is 9.53 Å². The van der Waals surface area contributed by atoms with E-state index in [9.17, 15) is 4.79 Å². The van der Waals surface area contributed by atoms with E-state index in [1.807, 2.05) is 52.0 Å². The van der Waals surface area contributed by atoms with E-state index < -0.39 is 0 Å². The lowest BCUT2D eigenvalue weighted by Gasteiger charge is -2.21. The fourth-order valence-corrected chi connectivity index (χ4v) is 1.61. The first kappa shape index (κ1) is 15.5. The molecule has 0 fully saturated rings. The van der Waals surface area contributed by atoms with Crippen molar-refractivity contribution in [1.82, 2.24) is 10.6 Å². The number of hydrogen-bond acceptors (Lipinski definition) is 3. The van der Waals surface area contributed by atoms with Crippen LogP contribution < -0.4 is 15.4 Å². The van der Waals surface area contributed by atoms with E-state index in [1.165, 1.54) is 0 Å². The van der Waals surface area contributed by atoms with E-state index in [0.717, 1.165) is 11.3 Å². The van der Waals surface area contributed by atoms with Crippen LogP contribution in [0.15, 0.2) is 24.3 Å². The maximum absolute atomic E-state index is 11.8. The van der Waals surface area contributed by atoms with E-state index >= 15 is 0 Å². The van der Waals surface area contributed by atoms with Gasteiger partial charge in [-0.05, 0) is 45.4 Å². The molecule has 0 unspecified atom stereocenters. The number of hydrogen-bond donors (Lipinski definition) is 2. The number of nitrogens with one attached hydrogen (secondary N) is 2. The topological polar surface area (TPSA) is 50.4 Å². The van der Waals surface area contributed by atoms with Crippen LogP contribution in [-0.2, 0) is 4.79 Å². The Hall–Kier alpha value is -1.55. The van der Waals surface area contributed by atoms with Gasteiger partial charge in [-0.2, -0.15) is 0 Å². The lowest BCUT2D eigenvalue weighted by Crippen LogP contribution is -2.43. The molecule has 1 rings (SSSR count). The first-order valence-electron chi connectivity index (χ1n) is 6.50. The molecule has 0 saturated heterocycles.